The van der Waals surface area contributed by atoms with Gasteiger partial charge in [-0.3, -0.25) is 9.78 Å². The molecule has 21 heavy (non-hydrogen) atoms. The van der Waals surface area contributed by atoms with Gasteiger partial charge in [0.25, 0.3) is 5.91 Å². The SMILES string of the molecule is Cc1cnc(C(=O)N2CCCC[C@@H]2c2nc(C)cs2)cn1. The van der Waals surface area contributed by atoms with Gasteiger partial charge in [0.05, 0.1) is 17.9 Å². The topological polar surface area (TPSA) is 59.0 Å². The summed E-state index contributed by atoms with van der Waals surface area (Å²) in [6, 6.07) is 0.0769. The van der Waals surface area contributed by atoms with Gasteiger partial charge >= 0.3 is 0 Å². The Morgan fingerprint density at radius 1 is 1.24 bits per heavy atom. The van der Waals surface area contributed by atoms with Crippen LogP contribution in [0.5, 0.6) is 0 Å². The number of rotatable bonds is 2. The Bertz CT molecular complexity index is 637. The molecule has 1 aliphatic rings. The standard InChI is InChI=1S/C15H18N4OS/c1-10-7-17-12(8-16-10)15(20)19-6-4-3-5-13(19)14-18-11(2)9-21-14/h7-9,13H,3-6H2,1-2H3/t13-/m1/s1. The van der Waals surface area contributed by atoms with Crippen molar-refractivity contribution in [3.8, 4) is 0 Å². The van der Waals surface area contributed by atoms with Gasteiger partial charge in [0.15, 0.2) is 0 Å². The fraction of sp³-hybridized carbons (Fsp3) is 0.467. The molecule has 0 saturated carbocycles. The molecule has 1 aliphatic heterocycles. The van der Waals surface area contributed by atoms with Gasteiger partial charge in [0.2, 0.25) is 0 Å². The summed E-state index contributed by atoms with van der Waals surface area (Å²) in [5.41, 5.74) is 2.25. The molecule has 6 heteroatoms. The third kappa shape index (κ3) is 2.95. The zero-order chi connectivity index (χ0) is 14.8. The molecular weight excluding hydrogens is 284 g/mol. The minimum Gasteiger partial charge on any atom is -0.328 e. The molecule has 0 bridgehead atoms. The number of aryl methyl sites for hydroxylation is 2. The molecule has 0 aromatic carbocycles. The maximum Gasteiger partial charge on any atom is 0.274 e. The summed E-state index contributed by atoms with van der Waals surface area (Å²) >= 11 is 1.63. The Morgan fingerprint density at radius 2 is 2.10 bits per heavy atom. The van der Waals surface area contributed by atoms with Crippen LogP contribution in [0, 0.1) is 13.8 Å². The Kier molecular flexibility index (Phi) is 3.96. The molecule has 0 aliphatic carbocycles. The quantitative estimate of drug-likeness (QED) is 0.856. The molecule has 110 valence electrons. The normalized spacial score (nSPS) is 18.8. The summed E-state index contributed by atoms with van der Waals surface area (Å²) in [5.74, 6) is -0.0416. The second-order valence-corrected chi connectivity index (χ2v) is 6.27. The highest BCUT2D eigenvalue weighted by atomic mass is 32.1. The van der Waals surface area contributed by atoms with Gasteiger partial charge in [0, 0.05) is 23.8 Å². The van der Waals surface area contributed by atoms with Gasteiger partial charge in [-0.25, -0.2) is 9.97 Å². The van der Waals surface area contributed by atoms with Crippen molar-refractivity contribution in [2.75, 3.05) is 6.54 Å². The van der Waals surface area contributed by atoms with E-state index in [9.17, 15) is 4.79 Å². The number of amides is 1. The summed E-state index contributed by atoms with van der Waals surface area (Å²) in [6.07, 6.45) is 6.34. The third-order valence-electron chi connectivity index (χ3n) is 3.69. The minimum absolute atomic E-state index is 0.0416. The minimum atomic E-state index is -0.0416. The number of likely N-dealkylation sites (tertiary alicyclic amines) is 1. The van der Waals surface area contributed by atoms with Crippen LogP contribution in [0.4, 0.5) is 0 Å². The second kappa shape index (κ2) is 5.89. The Balaban J connectivity index is 1.87. The summed E-state index contributed by atoms with van der Waals surface area (Å²) in [6.45, 7) is 4.61. The predicted octanol–water partition coefficient (Wildman–Crippen LogP) is 2.92. The van der Waals surface area contributed by atoms with Crippen molar-refractivity contribution >= 4 is 17.2 Å². The van der Waals surface area contributed by atoms with Crippen molar-refractivity contribution in [3.05, 3.63) is 39.9 Å². The lowest BCUT2D eigenvalue weighted by atomic mass is 10.0. The number of hydrogen-bond acceptors (Lipinski definition) is 5. The molecule has 0 N–H and O–H groups in total. The molecule has 0 spiro atoms. The van der Waals surface area contributed by atoms with Crippen molar-refractivity contribution in [2.24, 2.45) is 0 Å². The van der Waals surface area contributed by atoms with Crippen molar-refractivity contribution in [2.45, 2.75) is 39.2 Å². The number of nitrogens with zero attached hydrogens (tertiary/aromatic N) is 4. The van der Waals surface area contributed by atoms with Crippen LogP contribution in [-0.4, -0.2) is 32.3 Å². The van der Waals surface area contributed by atoms with Crippen LogP contribution in [0.1, 0.15) is 52.2 Å². The number of carbonyl (C=O) groups is 1. The molecule has 3 rings (SSSR count). The fourth-order valence-corrected chi connectivity index (χ4v) is 3.55. The number of hydrogen-bond donors (Lipinski definition) is 0. The van der Waals surface area contributed by atoms with Gasteiger partial charge < -0.3 is 4.90 Å². The van der Waals surface area contributed by atoms with Crippen LogP contribution >= 0.6 is 11.3 Å². The van der Waals surface area contributed by atoms with Crippen LogP contribution < -0.4 is 0 Å². The maximum atomic E-state index is 12.7. The van der Waals surface area contributed by atoms with Gasteiger partial charge in [-0.2, -0.15) is 0 Å². The first-order chi connectivity index (χ1) is 10.1. The van der Waals surface area contributed by atoms with E-state index in [0.717, 1.165) is 42.2 Å². The molecule has 1 saturated heterocycles. The lowest BCUT2D eigenvalue weighted by molar-refractivity contribution is 0.0604. The van der Waals surface area contributed by atoms with Gasteiger partial charge in [0.1, 0.15) is 10.7 Å². The smallest absolute Gasteiger partial charge is 0.274 e. The average molecular weight is 302 g/mol. The second-order valence-electron chi connectivity index (χ2n) is 5.38. The largest absolute Gasteiger partial charge is 0.328 e. The molecule has 1 atom stereocenters. The first-order valence-corrected chi connectivity index (χ1v) is 8.05. The molecule has 2 aromatic heterocycles. The third-order valence-corrected chi connectivity index (χ3v) is 4.75. The zero-order valence-corrected chi connectivity index (χ0v) is 13.1. The lowest BCUT2D eigenvalue weighted by Gasteiger charge is -2.34. The van der Waals surface area contributed by atoms with Crippen LogP contribution in [0.3, 0.4) is 0 Å². The van der Waals surface area contributed by atoms with E-state index in [-0.39, 0.29) is 11.9 Å². The van der Waals surface area contributed by atoms with E-state index in [0.29, 0.717) is 5.69 Å². The summed E-state index contributed by atoms with van der Waals surface area (Å²) in [4.78, 5) is 27.6. The van der Waals surface area contributed by atoms with Crippen LogP contribution in [0.25, 0.3) is 0 Å². The fourth-order valence-electron chi connectivity index (χ4n) is 2.61. The number of aromatic nitrogens is 3. The Hall–Kier alpha value is -1.82. The zero-order valence-electron chi connectivity index (χ0n) is 12.2. The van der Waals surface area contributed by atoms with Crippen LogP contribution in [0.2, 0.25) is 0 Å². The molecule has 0 unspecified atom stereocenters. The number of piperidine rings is 1. The van der Waals surface area contributed by atoms with E-state index >= 15 is 0 Å². The van der Waals surface area contributed by atoms with E-state index in [1.807, 2.05) is 24.1 Å². The molecule has 0 radical (unpaired) electrons. The van der Waals surface area contributed by atoms with E-state index in [2.05, 4.69) is 15.0 Å². The summed E-state index contributed by atoms with van der Waals surface area (Å²) in [5, 5.41) is 3.07. The van der Waals surface area contributed by atoms with E-state index < -0.39 is 0 Å². The molecule has 2 aromatic rings. The highest BCUT2D eigenvalue weighted by Gasteiger charge is 2.31. The summed E-state index contributed by atoms with van der Waals surface area (Å²) in [7, 11) is 0. The van der Waals surface area contributed by atoms with E-state index in [1.165, 1.54) is 0 Å². The number of thiazole rings is 1. The first-order valence-electron chi connectivity index (χ1n) is 7.17. The monoisotopic (exact) mass is 302 g/mol. The van der Waals surface area contributed by atoms with Gasteiger partial charge in [-0.05, 0) is 33.1 Å². The first kappa shape index (κ1) is 14.1. The van der Waals surface area contributed by atoms with Crippen molar-refractivity contribution in [1.82, 2.24) is 19.9 Å². The average Bonchev–Trinajstić information content (AvgIpc) is 2.94. The predicted molar refractivity (Wildman–Crippen MR) is 81.2 cm³/mol. The van der Waals surface area contributed by atoms with E-state index in [1.54, 1.807) is 23.7 Å². The van der Waals surface area contributed by atoms with Crippen LogP contribution in [-0.2, 0) is 0 Å². The lowest BCUT2D eigenvalue weighted by Crippen LogP contribution is -2.39. The van der Waals surface area contributed by atoms with Gasteiger partial charge in [-0.1, -0.05) is 0 Å². The Morgan fingerprint density at radius 3 is 2.76 bits per heavy atom. The maximum absolute atomic E-state index is 12.7. The van der Waals surface area contributed by atoms with Crippen molar-refractivity contribution < 1.29 is 4.79 Å². The Labute approximate surface area is 128 Å². The highest BCUT2D eigenvalue weighted by Crippen LogP contribution is 2.33. The highest BCUT2D eigenvalue weighted by molar-refractivity contribution is 7.09. The molecule has 5 nitrogen and oxygen atoms in total. The van der Waals surface area contributed by atoms with E-state index in [4.69, 9.17) is 0 Å². The molecule has 1 fully saturated rings. The van der Waals surface area contributed by atoms with Crippen molar-refractivity contribution in [3.63, 3.8) is 0 Å². The van der Waals surface area contributed by atoms with Crippen molar-refractivity contribution in [1.29, 1.82) is 0 Å². The molecular formula is C15H18N4OS. The molecule has 1 amide bonds. The van der Waals surface area contributed by atoms with Gasteiger partial charge in [-0.15, -0.1) is 11.3 Å². The van der Waals surface area contributed by atoms with Crippen LogP contribution in [0.15, 0.2) is 17.8 Å². The number of carbonyl (C=O) groups excluding carboxylic acids is 1. The summed E-state index contributed by atoms with van der Waals surface area (Å²) < 4.78 is 0. The molecule has 3 heterocycles.